The summed E-state index contributed by atoms with van der Waals surface area (Å²) in [5, 5.41) is 7.51. The molecule has 0 unspecified atom stereocenters. The number of fused-ring (bicyclic) bond motifs is 8. The van der Waals surface area contributed by atoms with Crippen molar-refractivity contribution < 1.29 is 0 Å². The van der Waals surface area contributed by atoms with Crippen LogP contribution in [0.25, 0.3) is 93.7 Å². The molecule has 8 aromatic carbocycles. The van der Waals surface area contributed by atoms with Gasteiger partial charge in [-0.1, -0.05) is 146 Å². The summed E-state index contributed by atoms with van der Waals surface area (Å²) >= 11 is 0. The molecule has 0 N–H and O–H groups in total. The molecule has 49 heavy (non-hydrogen) atoms. The largest absolute Gasteiger partial charge is 0.309 e. The number of aromatic nitrogens is 3. The van der Waals surface area contributed by atoms with Gasteiger partial charge in [-0.3, -0.25) is 0 Å². The van der Waals surface area contributed by atoms with Gasteiger partial charge in [-0.15, -0.1) is 0 Å². The molecule has 228 valence electrons. The van der Waals surface area contributed by atoms with E-state index in [1.165, 1.54) is 54.5 Å². The summed E-state index contributed by atoms with van der Waals surface area (Å²) in [5.41, 5.74) is 11.4. The molecule has 2 heterocycles. The van der Waals surface area contributed by atoms with Crippen LogP contribution in [0.2, 0.25) is 0 Å². The first-order chi connectivity index (χ1) is 24.3. The van der Waals surface area contributed by atoms with Crippen molar-refractivity contribution in [3.05, 3.63) is 176 Å². The standard InChI is InChI=1S/C46H29N3/c1-4-14-30(15-5-1)38-29-42-44(37-23-13-12-22-36(37)38)43-35-21-11-10-16-31(35)24-27-41(43)49(42)34-25-26-39-40(28-34)48-46(33-19-8-3-9-20-33)45(47-39)32-17-6-2-7-18-32/h1-29H. The van der Waals surface area contributed by atoms with Crippen LogP contribution in [0.15, 0.2) is 176 Å². The van der Waals surface area contributed by atoms with Crippen LogP contribution in [0, 0.1) is 0 Å². The first-order valence-corrected chi connectivity index (χ1v) is 16.7. The number of benzene rings is 8. The molecule has 3 nitrogen and oxygen atoms in total. The van der Waals surface area contributed by atoms with Crippen LogP contribution in [0.1, 0.15) is 0 Å². The molecule has 3 heteroatoms. The van der Waals surface area contributed by atoms with Gasteiger partial charge in [0.2, 0.25) is 0 Å². The van der Waals surface area contributed by atoms with Gasteiger partial charge in [-0.2, -0.15) is 0 Å². The Balaban J connectivity index is 1.32. The number of rotatable bonds is 4. The summed E-state index contributed by atoms with van der Waals surface area (Å²) in [6.45, 7) is 0. The smallest absolute Gasteiger partial charge is 0.0973 e. The summed E-state index contributed by atoms with van der Waals surface area (Å²) in [5.74, 6) is 0. The average Bonchev–Trinajstić information content (AvgIpc) is 3.53. The second-order valence-electron chi connectivity index (χ2n) is 12.6. The molecular weight excluding hydrogens is 595 g/mol. The molecular formula is C46H29N3. The number of nitrogens with zero attached hydrogens (tertiary/aromatic N) is 3. The predicted octanol–water partition coefficient (Wildman–Crippen LogP) is 12.0. The molecule has 10 rings (SSSR count). The Morgan fingerprint density at radius 3 is 1.61 bits per heavy atom. The molecule has 0 spiro atoms. The van der Waals surface area contributed by atoms with E-state index in [1.54, 1.807) is 0 Å². The van der Waals surface area contributed by atoms with E-state index >= 15 is 0 Å². The average molecular weight is 624 g/mol. The molecule has 0 saturated heterocycles. The molecule has 10 aromatic rings. The summed E-state index contributed by atoms with van der Waals surface area (Å²) < 4.78 is 2.42. The van der Waals surface area contributed by atoms with Gasteiger partial charge in [0.25, 0.3) is 0 Å². The molecule has 0 aliphatic carbocycles. The summed E-state index contributed by atoms with van der Waals surface area (Å²) in [7, 11) is 0. The van der Waals surface area contributed by atoms with E-state index in [4.69, 9.17) is 9.97 Å². The molecule has 0 bridgehead atoms. The van der Waals surface area contributed by atoms with Gasteiger partial charge in [0.05, 0.1) is 33.5 Å². The maximum atomic E-state index is 5.34. The van der Waals surface area contributed by atoms with Crippen molar-refractivity contribution in [3.8, 4) is 39.3 Å². The van der Waals surface area contributed by atoms with E-state index in [1.807, 2.05) is 12.1 Å². The van der Waals surface area contributed by atoms with Crippen LogP contribution in [0.3, 0.4) is 0 Å². The fourth-order valence-corrected chi connectivity index (χ4v) is 7.55. The van der Waals surface area contributed by atoms with Gasteiger partial charge in [0.1, 0.15) is 0 Å². The molecule has 0 fully saturated rings. The van der Waals surface area contributed by atoms with Crippen molar-refractivity contribution in [1.29, 1.82) is 0 Å². The molecule has 0 amide bonds. The molecule has 2 aromatic heterocycles. The Hall–Kier alpha value is -6.58. The fraction of sp³-hybridized carbons (Fsp3) is 0. The number of hydrogen-bond acceptors (Lipinski definition) is 2. The normalized spacial score (nSPS) is 11.7. The lowest BCUT2D eigenvalue weighted by Crippen LogP contribution is -1.98. The minimum Gasteiger partial charge on any atom is -0.309 e. The Morgan fingerprint density at radius 2 is 0.918 bits per heavy atom. The zero-order valence-electron chi connectivity index (χ0n) is 26.6. The Bertz CT molecular complexity index is 2850. The zero-order valence-corrected chi connectivity index (χ0v) is 26.6. The van der Waals surface area contributed by atoms with E-state index in [9.17, 15) is 0 Å². The van der Waals surface area contributed by atoms with E-state index in [0.29, 0.717) is 0 Å². The van der Waals surface area contributed by atoms with Crippen molar-refractivity contribution in [2.75, 3.05) is 0 Å². The van der Waals surface area contributed by atoms with Crippen LogP contribution in [0.5, 0.6) is 0 Å². The van der Waals surface area contributed by atoms with Gasteiger partial charge in [-0.05, 0) is 63.0 Å². The summed E-state index contributed by atoms with van der Waals surface area (Å²) in [4.78, 5) is 10.6. The first kappa shape index (κ1) is 27.5. The zero-order chi connectivity index (χ0) is 32.3. The molecule has 0 aliphatic heterocycles. The fourth-order valence-electron chi connectivity index (χ4n) is 7.55. The highest BCUT2D eigenvalue weighted by Crippen LogP contribution is 2.44. The quantitative estimate of drug-likeness (QED) is 0.195. The Kier molecular flexibility index (Phi) is 6.18. The van der Waals surface area contributed by atoms with Crippen molar-refractivity contribution in [3.63, 3.8) is 0 Å². The van der Waals surface area contributed by atoms with Gasteiger partial charge in [0.15, 0.2) is 0 Å². The second-order valence-corrected chi connectivity index (χ2v) is 12.6. The highest BCUT2D eigenvalue weighted by molar-refractivity contribution is 6.30. The lowest BCUT2D eigenvalue weighted by molar-refractivity contribution is 1.18. The lowest BCUT2D eigenvalue weighted by atomic mass is 9.94. The lowest BCUT2D eigenvalue weighted by Gasteiger charge is -2.14. The minimum absolute atomic E-state index is 0.857. The predicted molar refractivity (Wildman–Crippen MR) is 205 cm³/mol. The summed E-state index contributed by atoms with van der Waals surface area (Å²) in [6, 6.07) is 62.4. The molecule has 0 atom stereocenters. The monoisotopic (exact) mass is 623 g/mol. The van der Waals surface area contributed by atoms with Gasteiger partial charge in [0, 0.05) is 27.6 Å². The van der Waals surface area contributed by atoms with Gasteiger partial charge < -0.3 is 4.57 Å². The third-order valence-corrected chi connectivity index (χ3v) is 9.75. The highest BCUT2D eigenvalue weighted by Gasteiger charge is 2.21. The van der Waals surface area contributed by atoms with Crippen LogP contribution >= 0.6 is 0 Å². The first-order valence-electron chi connectivity index (χ1n) is 16.7. The van der Waals surface area contributed by atoms with Crippen LogP contribution < -0.4 is 0 Å². The molecule has 0 saturated carbocycles. The van der Waals surface area contributed by atoms with Crippen molar-refractivity contribution in [2.24, 2.45) is 0 Å². The van der Waals surface area contributed by atoms with Crippen molar-refractivity contribution in [1.82, 2.24) is 14.5 Å². The minimum atomic E-state index is 0.857. The SMILES string of the molecule is c1ccc(-c2nc3ccc(-n4c5ccc6ccccc6c5c5c6ccccc6c(-c6ccccc6)cc54)cc3nc2-c2ccccc2)cc1. The van der Waals surface area contributed by atoms with Gasteiger partial charge >= 0.3 is 0 Å². The van der Waals surface area contributed by atoms with Crippen molar-refractivity contribution >= 4 is 54.4 Å². The number of hydrogen-bond donors (Lipinski definition) is 0. The van der Waals surface area contributed by atoms with E-state index in [0.717, 1.165) is 39.2 Å². The van der Waals surface area contributed by atoms with E-state index < -0.39 is 0 Å². The highest BCUT2D eigenvalue weighted by atomic mass is 15.0. The maximum Gasteiger partial charge on any atom is 0.0973 e. The molecule has 0 aliphatic rings. The van der Waals surface area contributed by atoms with E-state index in [2.05, 4.69) is 168 Å². The topological polar surface area (TPSA) is 30.7 Å². The Morgan fingerprint density at radius 1 is 0.367 bits per heavy atom. The van der Waals surface area contributed by atoms with Crippen LogP contribution in [-0.2, 0) is 0 Å². The van der Waals surface area contributed by atoms with Crippen LogP contribution in [0.4, 0.5) is 0 Å². The Labute approximate surface area is 283 Å². The third-order valence-electron chi connectivity index (χ3n) is 9.75. The summed E-state index contributed by atoms with van der Waals surface area (Å²) in [6.07, 6.45) is 0. The van der Waals surface area contributed by atoms with Gasteiger partial charge in [-0.25, -0.2) is 9.97 Å². The maximum absolute atomic E-state index is 5.34. The van der Waals surface area contributed by atoms with Crippen LogP contribution in [-0.4, -0.2) is 14.5 Å². The van der Waals surface area contributed by atoms with Crippen molar-refractivity contribution in [2.45, 2.75) is 0 Å². The third kappa shape index (κ3) is 4.37. The van der Waals surface area contributed by atoms with E-state index in [-0.39, 0.29) is 0 Å². The molecule has 0 radical (unpaired) electrons. The second kappa shape index (κ2) is 11.0.